The van der Waals surface area contributed by atoms with Gasteiger partial charge in [0.25, 0.3) is 10.1 Å². The molecule has 4 atom stereocenters. The molecule has 0 spiro atoms. The van der Waals surface area contributed by atoms with Crippen molar-refractivity contribution in [1.29, 1.82) is 0 Å². The summed E-state index contributed by atoms with van der Waals surface area (Å²) in [7, 11) is -3.40. The minimum atomic E-state index is -4.96. The van der Waals surface area contributed by atoms with Crippen LogP contribution in [0.25, 0.3) is 53.6 Å². The molecule has 103 heavy (non-hydrogen) atoms. The second kappa shape index (κ2) is 35.0. The second-order valence-corrected chi connectivity index (χ2v) is 27.2. The molecule has 28 nitrogen and oxygen atoms in total. The fourth-order valence-electron chi connectivity index (χ4n) is 11.2. The smallest absolute Gasteiger partial charge is 0.410 e. The summed E-state index contributed by atoms with van der Waals surface area (Å²) >= 11 is 8.44. The lowest BCUT2D eigenvalue weighted by Gasteiger charge is -2.34. The maximum atomic E-state index is 14.5. The number of ether oxygens (including phenoxy) is 6. The summed E-state index contributed by atoms with van der Waals surface area (Å²) in [5, 5.41) is 22.4. The number of Topliss-reactive ketones (excluding diaryl/α,β-unsaturated/α-hetero) is 1. The standard InChI is InChI=1S/C71H76ClFN12O16S2/c1-8-71(6,63(87)61(41(2)3)82-57(86)39-97-33-27-78-83-74)69(91)79-43(5)65(88)81-48-22-19-46(56(36-48)103(93,94)95)37-100-70(92)85-30-28-84(29-31-85)32-34-98-54-24-23-50(42(4)60(54)72)58-59-66(76-40-77-67(59)102-62(58)44-17-20-47(73)21-18-44)101-55(68(89)90)35-45-13-9-11-15-52(45)99-38-49-25-26-75-64(80-49)51-14-10-12-16-53(51)96-7/h9-26,36,40-41,43,55,61H,8,27-35,37-39H2,1-7H3,(H,79,91)(H,81,88)(H,82,86)(H,89,90)(H,93,94,95)/t43-,55+,61?,71-/m0/s1. The predicted octanol–water partition coefficient (Wildman–Crippen LogP) is 10.7. The maximum absolute atomic E-state index is 14.5. The van der Waals surface area contributed by atoms with E-state index in [1.54, 1.807) is 89.5 Å². The molecule has 542 valence electrons. The molecule has 32 heteroatoms. The van der Waals surface area contributed by atoms with E-state index in [-0.39, 0.29) is 74.5 Å². The van der Waals surface area contributed by atoms with Crippen LogP contribution in [0.4, 0.5) is 14.9 Å². The zero-order valence-electron chi connectivity index (χ0n) is 57.3. The van der Waals surface area contributed by atoms with Crippen molar-refractivity contribution in [3.63, 3.8) is 0 Å². The molecule has 0 radical (unpaired) electrons. The summed E-state index contributed by atoms with van der Waals surface area (Å²) in [4.78, 5) is 105. The van der Waals surface area contributed by atoms with Gasteiger partial charge in [-0.2, -0.15) is 8.42 Å². The van der Waals surface area contributed by atoms with E-state index in [0.29, 0.717) is 96.9 Å². The van der Waals surface area contributed by atoms with E-state index in [2.05, 4.69) is 45.8 Å². The fraction of sp³-hybridized carbons (Fsp3) is 0.352. The first-order valence-corrected chi connectivity index (χ1v) is 35.2. The van der Waals surface area contributed by atoms with Gasteiger partial charge in [0.15, 0.2) is 11.6 Å². The van der Waals surface area contributed by atoms with Gasteiger partial charge >= 0.3 is 12.1 Å². The van der Waals surface area contributed by atoms with Gasteiger partial charge in [0.05, 0.1) is 41.4 Å². The molecule has 9 rings (SSSR count). The number of para-hydroxylation sites is 2. The molecule has 0 bridgehead atoms. The van der Waals surface area contributed by atoms with Gasteiger partial charge in [0.1, 0.15) is 77.0 Å². The summed E-state index contributed by atoms with van der Waals surface area (Å²) in [6.45, 7) is 10.3. The number of hydrogen-bond donors (Lipinski definition) is 5. The number of anilines is 1. The second-order valence-electron chi connectivity index (χ2n) is 24.4. The molecule has 0 saturated carbocycles. The topological polar surface area (TPSA) is 375 Å². The Morgan fingerprint density at radius 3 is 2.28 bits per heavy atom. The number of aliphatic carboxylic acids is 1. The molecule has 1 saturated heterocycles. The Bertz CT molecular complexity index is 4600. The van der Waals surface area contributed by atoms with Gasteiger partial charge in [0, 0.05) is 78.5 Å². The highest BCUT2D eigenvalue weighted by Gasteiger charge is 2.45. The van der Waals surface area contributed by atoms with Crippen LogP contribution >= 0.6 is 22.9 Å². The molecule has 1 aliphatic rings. The number of benzene rings is 5. The monoisotopic (exact) mass is 1470 g/mol. The third-order valence-electron chi connectivity index (χ3n) is 17.2. The van der Waals surface area contributed by atoms with Crippen molar-refractivity contribution in [3.8, 4) is 56.1 Å². The highest BCUT2D eigenvalue weighted by Crippen LogP contribution is 2.50. The van der Waals surface area contributed by atoms with E-state index in [1.807, 2.05) is 30.3 Å². The van der Waals surface area contributed by atoms with Crippen molar-refractivity contribution in [3.05, 3.63) is 165 Å². The summed E-state index contributed by atoms with van der Waals surface area (Å²) in [6, 6.07) is 26.7. The van der Waals surface area contributed by atoms with Crippen LogP contribution < -0.4 is 34.9 Å². The summed E-state index contributed by atoms with van der Waals surface area (Å²) in [6.07, 6.45) is 0.515. The maximum Gasteiger partial charge on any atom is 0.410 e. The number of piperazine rings is 1. The number of thiophene rings is 1. The third-order valence-corrected chi connectivity index (χ3v) is 19.7. The number of fused-ring (bicyclic) bond motifs is 1. The highest BCUT2D eigenvalue weighted by molar-refractivity contribution is 7.85. The Morgan fingerprint density at radius 1 is 0.854 bits per heavy atom. The van der Waals surface area contributed by atoms with Crippen molar-refractivity contribution < 1.29 is 79.7 Å². The van der Waals surface area contributed by atoms with Gasteiger partial charge < -0.3 is 54.4 Å². The summed E-state index contributed by atoms with van der Waals surface area (Å²) < 4.78 is 85.3. The van der Waals surface area contributed by atoms with Crippen molar-refractivity contribution >= 4 is 84.5 Å². The average Bonchev–Trinajstić information content (AvgIpc) is 1.62. The van der Waals surface area contributed by atoms with Gasteiger partial charge in [-0.15, -0.1) is 11.3 Å². The van der Waals surface area contributed by atoms with Crippen LogP contribution in [0.3, 0.4) is 0 Å². The molecule has 5 N–H and O–H groups in total. The largest absolute Gasteiger partial charge is 0.496 e. The lowest BCUT2D eigenvalue weighted by atomic mass is 9.76. The number of ketones is 1. The number of carbonyl (C=O) groups is 6. The number of carboxylic acids is 1. The molecule has 8 aromatic rings. The first-order chi connectivity index (χ1) is 49.3. The lowest BCUT2D eigenvalue weighted by molar-refractivity contribution is -0.146. The number of halogens is 2. The Balaban J connectivity index is 0.802. The lowest BCUT2D eigenvalue weighted by Crippen LogP contribution is -2.57. The van der Waals surface area contributed by atoms with Gasteiger partial charge in [-0.25, -0.2) is 33.9 Å². The Labute approximate surface area is 601 Å². The number of hydrogen-bond acceptors (Lipinski definition) is 21. The Hall–Kier alpha value is -10.4. The summed E-state index contributed by atoms with van der Waals surface area (Å²) in [5.41, 5.74) is 10.7. The molecule has 3 aromatic heterocycles. The predicted molar refractivity (Wildman–Crippen MR) is 380 cm³/mol. The minimum Gasteiger partial charge on any atom is -0.496 e. The number of rotatable bonds is 33. The Morgan fingerprint density at radius 2 is 1.58 bits per heavy atom. The van der Waals surface area contributed by atoms with Crippen molar-refractivity contribution in [2.24, 2.45) is 16.4 Å². The normalized spacial score (nSPS) is 13.9. The first kappa shape index (κ1) is 76.8. The fourth-order valence-corrected chi connectivity index (χ4v) is 13.3. The quantitative estimate of drug-likeness (QED) is 0.00637. The minimum absolute atomic E-state index is 0.00598. The SMILES string of the molecule is CC[C@](C)(C(=O)N[C@@H](C)C(=O)Nc1ccc(COC(=O)N2CCN(CCOc3ccc(-c4c(-c5ccc(F)cc5)sc5ncnc(O[C@H](Cc6ccccc6OCc6ccnc(-c7ccccc7OC)n6)C(=O)O)c45)c(C)c3Cl)CC2)c(S(=O)(=O)O)c1)C(=O)C(NC(=O)COCCN=[N+]=[N-])C(C)C. The molecule has 4 heterocycles. The highest BCUT2D eigenvalue weighted by atomic mass is 35.5. The van der Waals surface area contributed by atoms with Crippen LogP contribution in [0.2, 0.25) is 5.02 Å². The van der Waals surface area contributed by atoms with Crippen LogP contribution in [0.15, 0.2) is 132 Å². The number of azide groups is 1. The number of nitrogens with one attached hydrogen (secondary N) is 3. The molecule has 1 aliphatic heterocycles. The van der Waals surface area contributed by atoms with E-state index < -0.39 is 99.1 Å². The van der Waals surface area contributed by atoms with Crippen LogP contribution in [0.1, 0.15) is 63.4 Å². The van der Waals surface area contributed by atoms with Crippen LogP contribution in [0.5, 0.6) is 23.1 Å². The van der Waals surface area contributed by atoms with E-state index in [0.717, 1.165) is 6.07 Å². The van der Waals surface area contributed by atoms with Gasteiger partial charge in [-0.3, -0.25) is 28.6 Å². The van der Waals surface area contributed by atoms with E-state index in [9.17, 15) is 51.2 Å². The molecule has 1 fully saturated rings. The first-order valence-electron chi connectivity index (χ1n) is 32.6. The van der Waals surface area contributed by atoms with Crippen molar-refractivity contribution in [2.75, 3.05) is 71.5 Å². The molecule has 0 aliphatic carbocycles. The van der Waals surface area contributed by atoms with Gasteiger partial charge in [-0.05, 0) is 115 Å². The zero-order valence-corrected chi connectivity index (χ0v) is 59.6. The molecular formula is C71H76ClFN12O16S2. The van der Waals surface area contributed by atoms with Crippen LogP contribution in [0, 0.1) is 24.1 Å². The average molecular weight is 1470 g/mol. The molecule has 5 aromatic carbocycles. The number of amides is 4. The number of carboxylic acid groups (broad SMARTS) is 1. The van der Waals surface area contributed by atoms with Crippen LogP contribution in [-0.4, -0.2) is 168 Å². The van der Waals surface area contributed by atoms with E-state index in [1.165, 1.54) is 60.7 Å². The molecule has 1 unspecified atom stereocenters. The number of methoxy groups -OCH3 is 1. The van der Waals surface area contributed by atoms with Gasteiger partial charge in [0.2, 0.25) is 29.7 Å². The number of aromatic nitrogens is 4. The Kier molecular flexibility index (Phi) is 26.1. The zero-order chi connectivity index (χ0) is 74.1. The third kappa shape index (κ3) is 19.2. The molecule has 4 amide bonds. The van der Waals surface area contributed by atoms with Gasteiger partial charge in [-0.1, -0.05) is 92.1 Å². The number of nitrogens with zero attached hydrogens (tertiary/aromatic N) is 9. The number of carbonyl (C=O) groups excluding carboxylic acids is 5. The van der Waals surface area contributed by atoms with Crippen LogP contribution in [-0.2, 0) is 63.2 Å². The van der Waals surface area contributed by atoms with E-state index >= 15 is 0 Å². The van der Waals surface area contributed by atoms with E-state index in [4.69, 9.17) is 50.5 Å². The molecular weight excluding hydrogens is 1400 g/mol. The van der Waals surface area contributed by atoms with Crippen molar-refractivity contribution in [1.82, 2.24) is 40.4 Å². The van der Waals surface area contributed by atoms with Crippen molar-refractivity contribution in [2.45, 2.75) is 90.7 Å². The summed E-state index contributed by atoms with van der Waals surface area (Å²) in [5.74, 6) is -3.29.